The second-order valence-corrected chi connectivity index (χ2v) is 5.93. The van der Waals surface area contributed by atoms with Gasteiger partial charge in [-0.25, -0.2) is 4.39 Å². The Morgan fingerprint density at radius 3 is 2.69 bits per heavy atom. The third-order valence-corrected chi connectivity index (χ3v) is 4.31. The molecule has 88 valence electrons. The zero-order valence-electron chi connectivity index (χ0n) is 9.33. The molecule has 0 unspecified atom stereocenters. The van der Waals surface area contributed by atoms with Crippen LogP contribution in [0.3, 0.4) is 0 Å². The van der Waals surface area contributed by atoms with E-state index in [0.29, 0.717) is 11.6 Å². The molecule has 0 saturated carbocycles. The van der Waals surface area contributed by atoms with E-state index < -0.39 is 10.8 Å². The van der Waals surface area contributed by atoms with Crippen molar-refractivity contribution in [2.24, 2.45) is 0 Å². The molecular formula is C12H16FNOS. The molecule has 1 aliphatic rings. The second-order valence-electron chi connectivity index (χ2n) is 4.23. The summed E-state index contributed by atoms with van der Waals surface area (Å²) in [5.74, 6) is 1.34. The van der Waals surface area contributed by atoms with E-state index in [-0.39, 0.29) is 5.82 Å². The number of hydrogen-bond donors (Lipinski definition) is 1. The van der Waals surface area contributed by atoms with Gasteiger partial charge >= 0.3 is 0 Å². The Morgan fingerprint density at radius 2 is 2.06 bits per heavy atom. The zero-order chi connectivity index (χ0) is 11.5. The maximum Gasteiger partial charge on any atom is 0.128 e. The van der Waals surface area contributed by atoms with Crippen LogP contribution in [-0.4, -0.2) is 21.8 Å². The van der Waals surface area contributed by atoms with Gasteiger partial charge in [-0.05, 0) is 37.5 Å². The minimum atomic E-state index is -0.641. The monoisotopic (exact) mass is 241 g/mol. The number of nitrogens with one attached hydrogen (secondary N) is 1. The van der Waals surface area contributed by atoms with E-state index in [1.807, 2.05) is 6.07 Å². The molecule has 1 saturated heterocycles. The van der Waals surface area contributed by atoms with Crippen molar-refractivity contribution in [1.82, 2.24) is 0 Å². The Kier molecular flexibility index (Phi) is 3.59. The molecule has 1 N–H and O–H groups in total. The quantitative estimate of drug-likeness (QED) is 0.861. The summed E-state index contributed by atoms with van der Waals surface area (Å²) >= 11 is 0. The Morgan fingerprint density at radius 1 is 1.38 bits per heavy atom. The number of benzene rings is 1. The SMILES string of the molecule is Cc1ccc(NC2CCS(=O)CC2)cc1F. The third kappa shape index (κ3) is 2.82. The molecule has 0 atom stereocenters. The average Bonchev–Trinajstić information content (AvgIpc) is 2.27. The van der Waals surface area contributed by atoms with Crippen LogP contribution in [0.15, 0.2) is 18.2 Å². The smallest absolute Gasteiger partial charge is 0.128 e. The standard InChI is InChI=1S/C12H16FNOS/c1-9-2-3-11(8-12(9)13)14-10-4-6-16(15)7-5-10/h2-3,8,10,14H,4-7H2,1H3. The topological polar surface area (TPSA) is 29.1 Å². The van der Waals surface area contributed by atoms with Crippen molar-refractivity contribution >= 4 is 16.5 Å². The van der Waals surface area contributed by atoms with Crippen molar-refractivity contribution < 1.29 is 8.60 Å². The van der Waals surface area contributed by atoms with Gasteiger partial charge in [-0.1, -0.05) is 6.07 Å². The number of rotatable bonds is 2. The Hall–Kier alpha value is -0.900. The lowest BCUT2D eigenvalue weighted by atomic mass is 10.1. The van der Waals surface area contributed by atoms with Crippen molar-refractivity contribution in [1.29, 1.82) is 0 Å². The summed E-state index contributed by atoms with van der Waals surface area (Å²) in [6.45, 7) is 1.75. The van der Waals surface area contributed by atoms with Crippen LogP contribution in [0.2, 0.25) is 0 Å². The molecular weight excluding hydrogens is 225 g/mol. The third-order valence-electron chi connectivity index (χ3n) is 2.93. The summed E-state index contributed by atoms with van der Waals surface area (Å²) in [5.41, 5.74) is 1.48. The highest BCUT2D eigenvalue weighted by Gasteiger charge is 2.17. The van der Waals surface area contributed by atoms with E-state index in [0.717, 1.165) is 30.0 Å². The highest BCUT2D eigenvalue weighted by atomic mass is 32.2. The van der Waals surface area contributed by atoms with Crippen LogP contribution < -0.4 is 5.32 Å². The lowest BCUT2D eigenvalue weighted by Gasteiger charge is -2.23. The molecule has 1 aliphatic heterocycles. The first kappa shape index (κ1) is 11.6. The number of aryl methyl sites for hydroxylation is 1. The fraction of sp³-hybridized carbons (Fsp3) is 0.500. The van der Waals surface area contributed by atoms with Gasteiger partial charge in [0.05, 0.1) is 0 Å². The number of hydrogen-bond acceptors (Lipinski definition) is 2. The van der Waals surface area contributed by atoms with Crippen LogP contribution in [0.5, 0.6) is 0 Å². The van der Waals surface area contributed by atoms with Gasteiger partial charge in [-0.2, -0.15) is 0 Å². The summed E-state index contributed by atoms with van der Waals surface area (Å²) in [4.78, 5) is 0. The van der Waals surface area contributed by atoms with E-state index in [4.69, 9.17) is 0 Å². The summed E-state index contributed by atoms with van der Waals surface area (Å²) in [6, 6.07) is 5.53. The Bertz CT molecular complexity index is 398. The molecule has 2 nitrogen and oxygen atoms in total. The fourth-order valence-corrected chi connectivity index (χ4v) is 3.16. The van der Waals surface area contributed by atoms with Gasteiger partial charge < -0.3 is 5.32 Å². The molecule has 1 aromatic rings. The van der Waals surface area contributed by atoms with Gasteiger partial charge in [0, 0.05) is 34.0 Å². The first-order valence-electron chi connectivity index (χ1n) is 5.53. The maximum atomic E-state index is 13.3. The molecule has 2 rings (SSSR count). The zero-order valence-corrected chi connectivity index (χ0v) is 10.1. The summed E-state index contributed by atoms with van der Waals surface area (Å²) in [7, 11) is -0.641. The van der Waals surface area contributed by atoms with Gasteiger partial charge in [0.15, 0.2) is 0 Å². The predicted molar refractivity (Wildman–Crippen MR) is 65.7 cm³/mol. The highest BCUT2D eigenvalue weighted by molar-refractivity contribution is 7.85. The molecule has 0 aromatic heterocycles. The number of halogens is 1. The Labute approximate surface area is 97.7 Å². The highest BCUT2D eigenvalue weighted by Crippen LogP contribution is 2.18. The van der Waals surface area contributed by atoms with Crippen LogP contribution in [0.1, 0.15) is 18.4 Å². The molecule has 0 spiro atoms. The average molecular weight is 241 g/mol. The molecule has 0 amide bonds. The van der Waals surface area contributed by atoms with E-state index >= 15 is 0 Å². The van der Waals surface area contributed by atoms with Gasteiger partial charge in [-0.3, -0.25) is 4.21 Å². The van der Waals surface area contributed by atoms with Crippen molar-refractivity contribution in [3.63, 3.8) is 0 Å². The molecule has 1 aromatic carbocycles. The maximum absolute atomic E-state index is 13.3. The van der Waals surface area contributed by atoms with Crippen molar-refractivity contribution in [2.45, 2.75) is 25.8 Å². The molecule has 1 fully saturated rings. The van der Waals surface area contributed by atoms with Gasteiger partial charge in [0.1, 0.15) is 5.82 Å². The lowest BCUT2D eigenvalue weighted by Crippen LogP contribution is -2.29. The summed E-state index contributed by atoms with van der Waals surface area (Å²) < 4.78 is 24.5. The van der Waals surface area contributed by atoms with Gasteiger partial charge in [0.2, 0.25) is 0 Å². The fourth-order valence-electron chi connectivity index (χ4n) is 1.86. The van der Waals surface area contributed by atoms with Crippen LogP contribution in [-0.2, 0) is 10.8 Å². The Balaban J connectivity index is 1.98. The predicted octanol–water partition coefficient (Wildman–Crippen LogP) is 2.46. The van der Waals surface area contributed by atoms with Gasteiger partial charge in [0.25, 0.3) is 0 Å². The van der Waals surface area contributed by atoms with Crippen molar-refractivity contribution in [3.8, 4) is 0 Å². The van der Waals surface area contributed by atoms with Crippen LogP contribution in [0.4, 0.5) is 10.1 Å². The minimum absolute atomic E-state index is 0.176. The van der Waals surface area contributed by atoms with Gasteiger partial charge in [-0.15, -0.1) is 0 Å². The van der Waals surface area contributed by atoms with E-state index in [1.54, 1.807) is 13.0 Å². The van der Waals surface area contributed by atoms with Crippen LogP contribution in [0, 0.1) is 12.7 Å². The summed E-state index contributed by atoms with van der Waals surface area (Å²) in [6.07, 6.45) is 1.81. The lowest BCUT2D eigenvalue weighted by molar-refractivity contribution is 0.612. The van der Waals surface area contributed by atoms with Crippen LogP contribution >= 0.6 is 0 Å². The molecule has 1 heterocycles. The number of anilines is 1. The first-order chi connectivity index (χ1) is 7.65. The van der Waals surface area contributed by atoms with Crippen molar-refractivity contribution in [2.75, 3.05) is 16.8 Å². The minimum Gasteiger partial charge on any atom is -0.382 e. The largest absolute Gasteiger partial charge is 0.382 e. The molecule has 0 bridgehead atoms. The molecule has 4 heteroatoms. The van der Waals surface area contributed by atoms with E-state index in [1.165, 1.54) is 6.07 Å². The van der Waals surface area contributed by atoms with E-state index in [2.05, 4.69) is 5.32 Å². The summed E-state index contributed by atoms with van der Waals surface area (Å²) in [5, 5.41) is 3.30. The molecule has 16 heavy (non-hydrogen) atoms. The molecule has 0 aliphatic carbocycles. The van der Waals surface area contributed by atoms with Crippen molar-refractivity contribution in [3.05, 3.63) is 29.6 Å². The second kappa shape index (κ2) is 4.95. The van der Waals surface area contributed by atoms with Crippen LogP contribution in [0.25, 0.3) is 0 Å². The van der Waals surface area contributed by atoms with E-state index in [9.17, 15) is 8.60 Å². The normalized spacial score (nSPS) is 25.4. The molecule has 0 radical (unpaired) electrons. The first-order valence-corrected chi connectivity index (χ1v) is 7.01.